The van der Waals surface area contributed by atoms with Crippen LogP contribution in [0.4, 0.5) is 10.7 Å². The molecule has 0 unspecified atom stereocenters. The first kappa shape index (κ1) is 14.0. The molecule has 1 aromatic heterocycles. The maximum atomic E-state index is 11.4. The summed E-state index contributed by atoms with van der Waals surface area (Å²) < 4.78 is 4.80. The zero-order valence-electron chi connectivity index (χ0n) is 11.9. The van der Waals surface area contributed by atoms with Crippen LogP contribution in [0.3, 0.4) is 0 Å². The molecule has 2 heterocycles. The van der Waals surface area contributed by atoms with E-state index in [0.29, 0.717) is 19.0 Å². The molecule has 0 spiro atoms. The third-order valence-electron chi connectivity index (χ3n) is 3.16. The Hall–Kier alpha value is -2.96. The molecule has 0 fully saturated rings. The molecule has 2 amide bonds. The van der Waals surface area contributed by atoms with Crippen LogP contribution >= 0.6 is 0 Å². The molecule has 7 heteroatoms. The molecule has 2 aromatic rings. The van der Waals surface area contributed by atoms with Gasteiger partial charge in [0.05, 0.1) is 17.6 Å². The predicted octanol–water partition coefficient (Wildman–Crippen LogP) is 2.52. The number of aromatic nitrogens is 2. The lowest BCUT2D eigenvalue weighted by Crippen LogP contribution is -2.14. The van der Waals surface area contributed by atoms with Gasteiger partial charge in [-0.15, -0.1) is 0 Å². The highest BCUT2D eigenvalue weighted by atomic mass is 16.5. The number of benzene rings is 1. The van der Waals surface area contributed by atoms with Crippen LogP contribution < -0.4 is 5.32 Å². The van der Waals surface area contributed by atoms with E-state index in [2.05, 4.69) is 20.3 Å². The van der Waals surface area contributed by atoms with E-state index in [0.717, 1.165) is 22.2 Å². The molecular weight excluding hydrogens is 284 g/mol. The smallest absolute Gasteiger partial charge is 0.413 e. The number of ether oxygens (including phenoxy) is 1. The molecule has 22 heavy (non-hydrogen) atoms. The average Bonchev–Trinajstić information content (AvgIpc) is 2.89. The number of fused-ring (bicyclic) bond motifs is 1. The van der Waals surface area contributed by atoms with Crippen molar-refractivity contribution < 1.29 is 14.3 Å². The van der Waals surface area contributed by atoms with Crippen molar-refractivity contribution >= 4 is 40.8 Å². The van der Waals surface area contributed by atoms with E-state index in [9.17, 15) is 9.59 Å². The molecule has 0 aliphatic carbocycles. The first-order valence-electron chi connectivity index (χ1n) is 6.86. The van der Waals surface area contributed by atoms with Crippen molar-refractivity contribution in [1.29, 1.82) is 0 Å². The van der Waals surface area contributed by atoms with Crippen LogP contribution in [-0.2, 0) is 9.53 Å². The van der Waals surface area contributed by atoms with Gasteiger partial charge in [-0.2, -0.15) is 0 Å². The topological polar surface area (TPSA) is 96.4 Å². The highest BCUT2D eigenvalue weighted by Crippen LogP contribution is 2.22. The van der Waals surface area contributed by atoms with Crippen LogP contribution in [0, 0.1) is 0 Å². The molecule has 0 saturated heterocycles. The van der Waals surface area contributed by atoms with Gasteiger partial charge in [-0.3, -0.25) is 10.1 Å². The van der Waals surface area contributed by atoms with Gasteiger partial charge >= 0.3 is 6.09 Å². The van der Waals surface area contributed by atoms with Gasteiger partial charge in [-0.25, -0.2) is 14.8 Å². The number of nitrogens with one attached hydrogen (secondary N) is 2. The fraction of sp³-hybridized carbons (Fsp3) is 0.200. The normalized spacial score (nSPS) is 14.0. The predicted molar refractivity (Wildman–Crippen MR) is 82.8 cm³/mol. The number of rotatable bonds is 3. The Morgan fingerprint density at radius 1 is 1.45 bits per heavy atom. The average molecular weight is 298 g/mol. The van der Waals surface area contributed by atoms with Crippen LogP contribution in [0.5, 0.6) is 0 Å². The van der Waals surface area contributed by atoms with Gasteiger partial charge in [-0.05, 0) is 30.2 Å². The number of allylic oxidation sites excluding steroid dienone is 1. The lowest BCUT2D eigenvalue weighted by molar-refractivity contribution is -0.117. The number of carbonyl (C=O) groups is 2. The molecule has 0 saturated carbocycles. The summed E-state index contributed by atoms with van der Waals surface area (Å²) in [5.41, 5.74) is 3.31. The second-order valence-corrected chi connectivity index (χ2v) is 4.68. The summed E-state index contributed by atoms with van der Waals surface area (Å²) in [7, 11) is 0. The number of dihydropyridines is 1. The minimum Gasteiger partial charge on any atom is -0.450 e. The third kappa shape index (κ3) is 2.88. The monoisotopic (exact) mass is 298 g/mol. The highest BCUT2D eigenvalue weighted by Gasteiger charge is 2.10. The largest absolute Gasteiger partial charge is 0.450 e. The number of H-pyrrole nitrogens is 1. The number of aliphatic imine (C=N–C) groups is 1. The number of hydrogen-bond donors (Lipinski definition) is 2. The summed E-state index contributed by atoms with van der Waals surface area (Å²) in [6.07, 6.45) is 3.15. The standard InChI is InChI=1S/C15H14N4O3/c1-2-22-15(21)19-14-17-11-5-3-9(7-12(11)18-14)10-4-6-13(20)16-8-10/h3-5,7-8H,2,6H2,1H3,(H2,17,18,19,21). The van der Waals surface area contributed by atoms with E-state index in [1.165, 1.54) is 0 Å². The molecule has 1 aliphatic rings. The van der Waals surface area contributed by atoms with Crippen molar-refractivity contribution in [3.8, 4) is 0 Å². The number of hydrogen-bond acceptors (Lipinski definition) is 4. The van der Waals surface area contributed by atoms with Crippen LogP contribution in [0.15, 0.2) is 29.3 Å². The Labute approximate surface area is 126 Å². The number of aromatic amines is 1. The maximum Gasteiger partial charge on any atom is 0.413 e. The van der Waals surface area contributed by atoms with Gasteiger partial charge < -0.3 is 9.72 Å². The van der Waals surface area contributed by atoms with Crippen LogP contribution in [0.25, 0.3) is 16.6 Å². The molecular formula is C15H14N4O3. The van der Waals surface area contributed by atoms with E-state index in [1.54, 1.807) is 13.1 Å². The van der Waals surface area contributed by atoms with Gasteiger partial charge in [0.2, 0.25) is 11.9 Å². The summed E-state index contributed by atoms with van der Waals surface area (Å²) in [5, 5.41) is 2.52. The Balaban J connectivity index is 1.86. The van der Waals surface area contributed by atoms with Crippen molar-refractivity contribution in [1.82, 2.24) is 9.97 Å². The van der Waals surface area contributed by atoms with Crippen molar-refractivity contribution in [2.75, 3.05) is 11.9 Å². The number of carbonyl (C=O) groups excluding carboxylic acids is 2. The SMILES string of the molecule is CCOC(=O)Nc1nc2ccc(C3=CCC(=O)N=C3)cc2[nH]1. The van der Waals surface area contributed by atoms with Gasteiger partial charge in [0.1, 0.15) is 0 Å². The van der Waals surface area contributed by atoms with Crippen LogP contribution in [0.1, 0.15) is 18.9 Å². The second kappa shape index (κ2) is 5.80. The number of nitrogens with zero attached hydrogens (tertiary/aromatic N) is 2. The van der Waals surface area contributed by atoms with E-state index in [-0.39, 0.29) is 5.91 Å². The van der Waals surface area contributed by atoms with E-state index >= 15 is 0 Å². The van der Waals surface area contributed by atoms with Crippen LogP contribution in [0.2, 0.25) is 0 Å². The third-order valence-corrected chi connectivity index (χ3v) is 3.16. The van der Waals surface area contributed by atoms with Crippen LogP contribution in [-0.4, -0.2) is 34.8 Å². The van der Waals surface area contributed by atoms with E-state index in [4.69, 9.17) is 4.74 Å². The molecule has 1 aliphatic heterocycles. The Morgan fingerprint density at radius 3 is 3.05 bits per heavy atom. The second-order valence-electron chi connectivity index (χ2n) is 4.68. The Morgan fingerprint density at radius 2 is 2.32 bits per heavy atom. The van der Waals surface area contributed by atoms with Crippen molar-refractivity contribution in [2.45, 2.75) is 13.3 Å². The zero-order valence-corrected chi connectivity index (χ0v) is 11.9. The fourth-order valence-corrected chi connectivity index (χ4v) is 2.15. The molecule has 2 N–H and O–H groups in total. The fourth-order valence-electron chi connectivity index (χ4n) is 2.15. The van der Waals surface area contributed by atoms with Crippen molar-refractivity contribution in [3.05, 3.63) is 29.8 Å². The summed E-state index contributed by atoms with van der Waals surface area (Å²) in [4.78, 5) is 33.6. The zero-order chi connectivity index (χ0) is 15.5. The van der Waals surface area contributed by atoms with E-state index in [1.807, 2.05) is 24.3 Å². The van der Waals surface area contributed by atoms with Gasteiger partial charge in [0, 0.05) is 12.6 Å². The van der Waals surface area contributed by atoms with E-state index < -0.39 is 6.09 Å². The minimum absolute atomic E-state index is 0.146. The van der Waals surface area contributed by atoms with Gasteiger partial charge in [0.15, 0.2) is 0 Å². The quantitative estimate of drug-likeness (QED) is 0.909. The summed E-state index contributed by atoms with van der Waals surface area (Å²) in [5.74, 6) is 0.180. The molecule has 0 radical (unpaired) electrons. The first-order valence-corrected chi connectivity index (χ1v) is 6.86. The minimum atomic E-state index is -0.553. The molecule has 112 valence electrons. The van der Waals surface area contributed by atoms with Gasteiger partial charge in [0.25, 0.3) is 0 Å². The summed E-state index contributed by atoms with van der Waals surface area (Å²) in [6.45, 7) is 2.02. The summed E-state index contributed by atoms with van der Waals surface area (Å²) >= 11 is 0. The number of anilines is 1. The first-order chi connectivity index (χ1) is 10.7. The number of imidazole rings is 1. The lowest BCUT2D eigenvalue weighted by Gasteiger charge is -2.05. The Bertz CT molecular complexity index is 804. The van der Waals surface area contributed by atoms with Crippen molar-refractivity contribution in [2.24, 2.45) is 4.99 Å². The number of amides is 2. The molecule has 0 atom stereocenters. The lowest BCUT2D eigenvalue weighted by atomic mass is 10.0. The van der Waals surface area contributed by atoms with Gasteiger partial charge in [-0.1, -0.05) is 12.1 Å². The molecule has 0 bridgehead atoms. The summed E-state index contributed by atoms with van der Waals surface area (Å²) in [6, 6.07) is 5.62. The molecule has 3 rings (SSSR count). The highest BCUT2D eigenvalue weighted by molar-refractivity contribution is 6.16. The van der Waals surface area contributed by atoms with Crippen molar-refractivity contribution in [3.63, 3.8) is 0 Å². The Kier molecular flexibility index (Phi) is 3.69. The molecule has 7 nitrogen and oxygen atoms in total. The molecule has 1 aromatic carbocycles. The maximum absolute atomic E-state index is 11.4.